The third-order valence-electron chi connectivity index (χ3n) is 3.64. The Hall–Kier alpha value is -0.610. The van der Waals surface area contributed by atoms with Crippen LogP contribution in [0.1, 0.15) is 40.0 Å². The fourth-order valence-electron chi connectivity index (χ4n) is 2.23. The molecular weight excluding hydrogens is 226 g/mol. The van der Waals surface area contributed by atoms with Gasteiger partial charge in [0.15, 0.2) is 0 Å². The van der Waals surface area contributed by atoms with E-state index >= 15 is 0 Å². The lowest BCUT2D eigenvalue weighted by atomic mass is 10.1. The molecule has 106 valence electrons. The Balaban J connectivity index is 2.05. The minimum atomic E-state index is 0.114. The minimum absolute atomic E-state index is 0.114. The summed E-state index contributed by atoms with van der Waals surface area (Å²) in [5, 5.41) is 6.21. The van der Waals surface area contributed by atoms with Gasteiger partial charge in [-0.2, -0.15) is 0 Å². The molecule has 1 fully saturated rings. The van der Waals surface area contributed by atoms with E-state index in [-0.39, 0.29) is 5.91 Å². The molecule has 1 amide bonds. The van der Waals surface area contributed by atoms with E-state index in [1.165, 1.54) is 25.9 Å². The average molecular weight is 255 g/mol. The Morgan fingerprint density at radius 3 is 2.56 bits per heavy atom. The van der Waals surface area contributed by atoms with Crippen LogP contribution in [0.5, 0.6) is 0 Å². The predicted octanol–water partition coefficient (Wildman–Crippen LogP) is 1.22. The van der Waals surface area contributed by atoms with Crippen LogP contribution in [0.2, 0.25) is 0 Å². The highest BCUT2D eigenvalue weighted by Gasteiger charge is 2.15. The molecule has 1 heterocycles. The molecule has 2 atom stereocenters. The fraction of sp³-hybridized carbons (Fsp3) is 0.929. The Labute approximate surface area is 111 Å². The van der Waals surface area contributed by atoms with Crippen LogP contribution in [0.4, 0.5) is 0 Å². The number of amides is 1. The van der Waals surface area contributed by atoms with Crippen LogP contribution in [0, 0.1) is 5.92 Å². The van der Waals surface area contributed by atoms with E-state index in [9.17, 15) is 4.79 Å². The summed E-state index contributed by atoms with van der Waals surface area (Å²) in [5.74, 6) is 0.652. The lowest BCUT2D eigenvalue weighted by Crippen LogP contribution is -2.40. The van der Waals surface area contributed by atoms with Gasteiger partial charge < -0.3 is 15.5 Å². The quantitative estimate of drug-likeness (QED) is 0.685. The molecule has 0 aromatic rings. The van der Waals surface area contributed by atoms with Gasteiger partial charge in [-0.25, -0.2) is 0 Å². The Kier molecular flexibility index (Phi) is 7.28. The number of nitrogens with zero attached hydrogens (tertiary/aromatic N) is 1. The van der Waals surface area contributed by atoms with Crippen LogP contribution < -0.4 is 10.6 Å². The molecule has 0 radical (unpaired) electrons. The third kappa shape index (κ3) is 6.36. The molecule has 4 nitrogen and oxygen atoms in total. The number of carbonyl (C=O) groups is 1. The number of likely N-dealkylation sites (tertiary alicyclic amines) is 1. The maximum atomic E-state index is 11.6. The molecule has 2 N–H and O–H groups in total. The van der Waals surface area contributed by atoms with Crippen LogP contribution in [0.15, 0.2) is 0 Å². The molecule has 0 saturated carbocycles. The molecule has 1 saturated heterocycles. The van der Waals surface area contributed by atoms with Crippen molar-refractivity contribution >= 4 is 5.91 Å². The molecule has 0 bridgehead atoms. The van der Waals surface area contributed by atoms with Crippen LogP contribution in [-0.2, 0) is 4.79 Å². The van der Waals surface area contributed by atoms with Crippen LogP contribution >= 0.6 is 0 Å². The van der Waals surface area contributed by atoms with Crippen molar-refractivity contribution in [1.82, 2.24) is 15.5 Å². The van der Waals surface area contributed by atoms with Gasteiger partial charge in [-0.05, 0) is 45.2 Å². The highest BCUT2D eigenvalue weighted by atomic mass is 16.1. The van der Waals surface area contributed by atoms with Crippen molar-refractivity contribution in [3.05, 3.63) is 0 Å². The zero-order valence-corrected chi connectivity index (χ0v) is 12.2. The Bertz CT molecular complexity index is 239. The number of nitrogens with one attached hydrogen (secondary N) is 2. The SMILES string of the molecule is CCC(C)NCC(=O)NCC(C)CN1CCCC1. The van der Waals surface area contributed by atoms with Gasteiger partial charge in [0.2, 0.25) is 5.91 Å². The zero-order chi connectivity index (χ0) is 13.4. The molecule has 1 rings (SSSR count). The molecular formula is C14H29N3O. The van der Waals surface area contributed by atoms with Crippen molar-refractivity contribution in [2.75, 3.05) is 32.7 Å². The van der Waals surface area contributed by atoms with Crippen molar-refractivity contribution in [2.45, 2.75) is 46.1 Å². The van der Waals surface area contributed by atoms with E-state index < -0.39 is 0 Å². The molecule has 0 aromatic heterocycles. The van der Waals surface area contributed by atoms with Crippen molar-refractivity contribution in [3.63, 3.8) is 0 Å². The lowest BCUT2D eigenvalue weighted by molar-refractivity contribution is -0.120. The van der Waals surface area contributed by atoms with E-state index in [0.29, 0.717) is 18.5 Å². The smallest absolute Gasteiger partial charge is 0.233 e. The van der Waals surface area contributed by atoms with Gasteiger partial charge in [-0.1, -0.05) is 13.8 Å². The van der Waals surface area contributed by atoms with Gasteiger partial charge in [0.05, 0.1) is 6.54 Å². The number of hydrogen-bond donors (Lipinski definition) is 2. The van der Waals surface area contributed by atoms with Crippen molar-refractivity contribution in [3.8, 4) is 0 Å². The van der Waals surface area contributed by atoms with Gasteiger partial charge >= 0.3 is 0 Å². The van der Waals surface area contributed by atoms with Gasteiger partial charge in [0, 0.05) is 19.1 Å². The number of carbonyl (C=O) groups excluding carboxylic acids is 1. The number of hydrogen-bond acceptors (Lipinski definition) is 3. The summed E-state index contributed by atoms with van der Waals surface area (Å²) in [6, 6.07) is 0.415. The van der Waals surface area contributed by atoms with Gasteiger partial charge in [-0.15, -0.1) is 0 Å². The molecule has 18 heavy (non-hydrogen) atoms. The van der Waals surface area contributed by atoms with Crippen molar-refractivity contribution in [1.29, 1.82) is 0 Å². The standard InChI is InChI=1S/C14H29N3O/c1-4-13(3)15-10-14(18)16-9-12(2)11-17-7-5-6-8-17/h12-13,15H,4-11H2,1-3H3,(H,16,18). The van der Waals surface area contributed by atoms with E-state index in [4.69, 9.17) is 0 Å². The highest BCUT2D eigenvalue weighted by molar-refractivity contribution is 5.77. The predicted molar refractivity (Wildman–Crippen MR) is 75.6 cm³/mol. The van der Waals surface area contributed by atoms with E-state index in [2.05, 4.69) is 36.3 Å². The average Bonchev–Trinajstić information content (AvgIpc) is 2.86. The van der Waals surface area contributed by atoms with Gasteiger partial charge in [0.1, 0.15) is 0 Å². The summed E-state index contributed by atoms with van der Waals surface area (Å²) in [6.45, 7) is 11.2. The second kappa shape index (κ2) is 8.48. The maximum Gasteiger partial charge on any atom is 0.233 e. The van der Waals surface area contributed by atoms with E-state index in [1.54, 1.807) is 0 Å². The highest BCUT2D eigenvalue weighted by Crippen LogP contribution is 2.09. The first-order chi connectivity index (χ1) is 8.61. The molecule has 2 unspecified atom stereocenters. The second-order valence-electron chi connectivity index (χ2n) is 5.61. The van der Waals surface area contributed by atoms with Gasteiger partial charge in [0.25, 0.3) is 0 Å². The van der Waals surface area contributed by atoms with Crippen LogP contribution in [0.3, 0.4) is 0 Å². The largest absolute Gasteiger partial charge is 0.355 e. The molecule has 1 aliphatic heterocycles. The normalized spacial score (nSPS) is 19.7. The minimum Gasteiger partial charge on any atom is -0.355 e. The molecule has 0 aromatic carbocycles. The Morgan fingerprint density at radius 2 is 1.94 bits per heavy atom. The lowest BCUT2D eigenvalue weighted by Gasteiger charge is -2.20. The topological polar surface area (TPSA) is 44.4 Å². The van der Waals surface area contributed by atoms with Gasteiger partial charge in [-0.3, -0.25) is 4.79 Å². The first kappa shape index (κ1) is 15.4. The maximum absolute atomic E-state index is 11.6. The summed E-state index contributed by atoms with van der Waals surface area (Å²) in [6.07, 6.45) is 3.72. The molecule has 1 aliphatic rings. The fourth-order valence-corrected chi connectivity index (χ4v) is 2.23. The second-order valence-corrected chi connectivity index (χ2v) is 5.61. The summed E-state index contributed by atoms with van der Waals surface area (Å²) in [5.41, 5.74) is 0. The first-order valence-corrected chi connectivity index (χ1v) is 7.34. The van der Waals surface area contributed by atoms with Crippen molar-refractivity contribution < 1.29 is 4.79 Å². The van der Waals surface area contributed by atoms with Crippen molar-refractivity contribution in [2.24, 2.45) is 5.92 Å². The van der Waals surface area contributed by atoms with E-state index in [0.717, 1.165) is 19.5 Å². The monoisotopic (exact) mass is 255 g/mol. The van der Waals surface area contributed by atoms with E-state index in [1.807, 2.05) is 0 Å². The molecule has 4 heteroatoms. The number of rotatable bonds is 8. The summed E-state index contributed by atoms with van der Waals surface area (Å²) in [4.78, 5) is 14.1. The van der Waals surface area contributed by atoms with Crippen LogP contribution in [0.25, 0.3) is 0 Å². The third-order valence-corrected chi connectivity index (χ3v) is 3.64. The first-order valence-electron chi connectivity index (χ1n) is 7.34. The zero-order valence-electron chi connectivity index (χ0n) is 12.2. The van der Waals surface area contributed by atoms with Crippen LogP contribution in [-0.4, -0.2) is 49.6 Å². The molecule has 0 aliphatic carbocycles. The summed E-state index contributed by atoms with van der Waals surface area (Å²) in [7, 11) is 0. The summed E-state index contributed by atoms with van der Waals surface area (Å²) >= 11 is 0. The summed E-state index contributed by atoms with van der Waals surface area (Å²) < 4.78 is 0. The Morgan fingerprint density at radius 1 is 1.28 bits per heavy atom. The molecule has 0 spiro atoms.